The molecule has 0 fully saturated rings. The van der Waals surface area contributed by atoms with Crippen LogP contribution in [0.1, 0.15) is 41.6 Å². The van der Waals surface area contributed by atoms with Crippen LogP contribution in [0, 0.1) is 0 Å². The molecular formula is C40H31ClF4N2O4S2. The number of alkyl halides is 4. The summed E-state index contributed by atoms with van der Waals surface area (Å²) in [5.41, 5.74) is 11.3. The molecule has 53 heavy (non-hydrogen) atoms. The van der Waals surface area contributed by atoms with Gasteiger partial charge >= 0.3 is 13.2 Å². The van der Waals surface area contributed by atoms with Crippen LogP contribution in [0.15, 0.2) is 132 Å². The zero-order valence-electron chi connectivity index (χ0n) is 27.6. The molecule has 2 heterocycles. The lowest BCUT2D eigenvalue weighted by atomic mass is 10.1. The molecule has 6 rings (SSSR count). The van der Waals surface area contributed by atoms with E-state index in [1.807, 2.05) is 103 Å². The van der Waals surface area contributed by atoms with Crippen LogP contribution in [-0.4, -0.2) is 24.4 Å². The van der Waals surface area contributed by atoms with Crippen molar-refractivity contribution in [3.05, 3.63) is 164 Å². The van der Waals surface area contributed by atoms with Crippen LogP contribution in [0.3, 0.4) is 0 Å². The molecule has 0 saturated heterocycles. The van der Waals surface area contributed by atoms with Crippen molar-refractivity contribution in [2.75, 3.05) is 11.1 Å². The van der Waals surface area contributed by atoms with E-state index in [4.69, 9.17) is 17.3 Å². The van der Waals surface area contributed by atoms with E-state index in [1.54, 1.807) is 12.1 Å². The Morgan fingerprint density at radius 2 is 1.06 bits per heavy atom. The second kappa shape index (κ2) is 21.0. The fourth-order valence-electron chi connectivity index (χ4n) is 4.38. The third-order valence-electron chi connectivity index (χ3n) is 6.79. The maximum atomic E-state index is 12.5. The molecule has 6 aromatic rings. The molecule has 0 unspecified atom stereocenters. The highest BCUT2D eigenvalue weighted by atomic mass is 35.5. The van der Waals surface area contributed by atoms with Crippen molar-refractivity contribution < 1.29 is 36.6 Å². The summed E-state index contributed by atoms with van der Waals surface area (Å²) in [7, 11) is 0. The van der Waals surface area contributed by atoms with Gasteiger partial charge in [-0.2, -0.15) is 17.6 Å². The molecule has 4 aromatic carbocycles. The standard InChI is InChI=1S/C20H15F2NO2S.C14H13N.C6H3ClF2O2S/c21-20(22)25-17-12-13-26-18(17)19(24)23-16-9-5-4-8-15(16)11-10-14-6-2-1-3-7-14;15-14-9-5-4-8-13(14)11-10-12-6-2-1-3-7-12;7-5(10)4-3(1-2-12-4)11-6(8)9/h1-13,20H,(H,23,24);1-11H,15H2;1-2,6H/b2*11-10-;. The number of nitrogens with one attached hydrogen (secondary N) is 1. The van der Waals surface area contributed by atoms with E-state index in [2.05, 4.69) is 33.0 Å². The number of halogens is 5. The van der Waals surface area contributed by atoms with Crippen LogP contribution in [0.4, 0.5) is 28.9 Å². The Morgan fingerprint density at radius 3 is 1.58 bits per heavy atom. The number of anilines is 2. The van der Waals surface area contributed by atoms with Gasteiger partial charge in [0.05, 0.1) is 0 Å². The lowest BCUT2D eigenvalue weighted by Gasteiger charge is -2.09. The SMILES string of the molecule is Nc1ccccc1/C=C\c1ccccc1.O=C(Cl)c1sccc1OC(F)F.O=C(Nc1ccccc1/C=C\c1ccccc1)c1sccc1OC(F)F. The summed E-state index contributed by atoms with van der Waals surface area (Å²) in [4.78, 5) is 23.1. The lowest BCUT2D eigenvalue weighted by molar-refractivity contribution is -0.0505. The van der Waals surface area contributed by atoms with E-state index in [9.17, 15) is 27.2 Å². The van der Waals surface area contributed by atoms with Gasteiger partial charge in [-0.3, -0.25) is 9.59 Å². The predicted molar refractivity (Wildman–Crippen MR) is 208 cm³/mol. The average molecular weight is 779 g/mol. The van der Waals surface area contributed by atoms with Crippen molar-refractivity contribution in [3.63, 3.8) is 0 Å². The first-order valence-corrected chi connectivity index (χ1v) is 17.7. The van der Waals surface area contributed by atoms with Crippen LogP contribution in [0.25, 0.3) is 24.3 Å². The number of amides is 1. The Morgan fingerprint density at radius 1 is 0.604 bits per heavy atom. The molecular weight excluding hydrogens is 748 g/mol. The lowest BCUT2D eigenvalue weighted by Crippen LogP contribution is -2.13. The highest BCUT2D eigenvalue weighted by Crippen LogP contribution is 2.29. The number of carbonyl (C=O) groups is 2. The summed E-state index contributed by atoms with van der Waals surface area (Å²) >= 11 is 7.09. The molecule has 0 aliphatic carbocycles. The van der Waals surface area contributed by atoms with Crippen molar-refractivity contribution in [1.82, 2.24) is 0 Å². The van der Waals surface area contributed by atoms with Crippen molar-refractivity contribution in [2.45, 2.75) is 13.2 Å². The van der Waals surface area contributed by atoms with Gasteiger partial charge in [0.1, 0.15) is 21.3 Å². The van der Waals surface area contributed by atoms with Gasteiger partial charge in [0.2, 0.25) is 0 Å². The quantitative estimate of drug-likeness (QED) is 0.0591. The average Bonchev–Trinajstić information content (AvgIpc) is 3.82. The molecule has 0 radical (unpaired) electrons. The van der Waals surface area contributed by atoms with Crippen molar-refractivity contribution in [1.29, 1.82) is 0 Å². The minimum atomic E-state index is -2.97. The molecule has 3 N–H and O–H groups in total. The summed E-state index contributed by atoms with van der Waals surface area (Å²) < 4.78 is 56.6. The Balaban J connectivity index is 0.000000196. The third-order valence-corrected chi connectivity index (χ3v) is 8.88. The number of hydrogen-bond acceptors (Lipinski definition) is 7. The third kappa shape index (κ3) is 13.4. The zero-order valence-corrected chi connectivity index (χ0v) is 30.0. The number of rotatable bonds is 11. The number of nitrogens with two attached hydrogens (primary N) is 1. The molecule has 0 saturated carbocycles. The fraction of sp³-hybridized carbons (Fsp3) is 0.0500. The fourth-order valence-corrected chi connectivity index (χ4v) is 5.98. The van der Waals surface area contributed by atoms with Gasteiger partial charge in [0, 0.05) is 11.4 Å². The number of para-hydroxylation sites is 2. The van der Waals surface area contributed by atoms with Gasteiger partial charge in [-0.05, 0) is 68.9 Å². The van der Waals surface area contributed by atoms with Crippen LogP contribution in [0.2, 0.25) is 0 Å². The summed E-state index contributed by atoms with van der Waals surface area (Å²) in [6, 6.07) is 37.7. The summed E-state index contributed by atoms with van der Waals surface area (Å²) in [6.07, 6.45) is 7.91. The van der Waals surface area contributed by atoms with Crippen LogP contribution in [0.5, 0.6) is 11.5 Å². The minimum absolute atomic E-state index is 0.00281. The van der Waals surface area contributed by atoms with E-state index in [1.165, 1.54) is 28.5 Å². The van der Waals surface area contributed by atoms with Crippen molar-refractivity contribution >= 4 is 81.1 Å². The highest BCUT2D eigenvalue weighted by Gasteiger charge is 2.18. The second-order valence-electron chi connectivity index (χ2n) is 10.4. The first-order chi connectivity index (χ1) is 25.6. The highest BCUT2D eigenvalue weighted by molar-refractivity contribution is 7.14. The van der Waals surface area contributed by atoms with E-state index in [0.29, 0.717) is 5.69 Å². The molecule has 0 bridgehead atoms. The molecule has 6 nitrogen and oxygen atoms in total. The number of hydrogen-bond donors (Lipinski definition) is 2. The van der Waals surface area contributed by atoms with Gasteiger partial charge < -0.3 is 20.5 Å². The molecule has 0 spiro atoms. The largest absolute Gasteiger partial charge is 0.433 e. The first kappa shape index (κ1) is 40.1. The normalized spacial score (nSPS) is 10.8. The summed E-state index contributed by atoms with van der Waals surface area (Å²) in [6.45, 7) is -5.91. The molecule has 13 heteroatoms. The van der Waals surface area contributed by atoms with E-state index in [-0.39, 0.29) is 21.3 Å². The van der Waals surface area contributed by atoms with Crippen LogP contribution in [-0.2, 0) is 0 Å². The number of nitrogen functional groups attached to an aromatic ring is 1. The number of ether oxygens (including phenoxy) is 2. The Kier molecular flexibility index (Phi) is 15.9. The molecule has 0 aliphatic heterocycles. The Labute approximate surface area is 316 Å². The van der Waals surface area contributed by atoms with Crippen LogP contribution >= 0.6 is 34.3 Å². The number of thiophene rings is 2. The molecule has 272 valence electrons. The van der Waals surface area contributed by atoms with E-state index in [0.717, 1.165) is 45.1 Å². The maximum absolute atomic E-state index is 12.5. The predicted octanol–water partition coefficient (Wildman–Crippen LogP) is 11.9. The molecule has 2 aromatic heterocycles. The summed E-state index contributed by atoms with van der Waals surface area (Å²) in [5.74, 6) is -0.786. The molecule has 0 aliphatic rings. The molecule has 1 amide bonds. The van der Waals surface area contributed by atoms with Gasteiger partial charge in [0.25, 0.3) is 11.1 Å². The van der Waals surface area contributed by atoms with Gasteiger partial charge in [-0.1, -0.05) is 121 Å². The van der Waals surface area contributed by atoms with Gasteiger partial charge in [0.15, 0.2) is 0 Å². The smallest absolute Gasteiger partial charge is 0.387 e. The monoisotopic (exact) mass is 778 g/mol. The zero-order chi connectivity index (χ0) is 38.0. The Bertz CT molecular complexity index is 2110. The van der Waals surface area contributed by atoms with Crippen molar-refractivity contribution in [2.24, 2.45) is 0 Å². The van der Waals surface area contributed by atoms with Gasteiger partial charge in [-0.15, -0.1) is 22.7 Å². The maximum Gasteiger partial charge on any atom is 0.387 e. The topological polar surface area (TPSA) is 90.7 Å². The van der Waals surface area contributed by atoms with Gasteiger partial charge in [-0.25, -0.2) is 0 Å². The molecule has 0 atom stereocenters. The van der Waals surface area contributed by atoms with E-state index < -0.39 is 24.4 Å². The minimum Gasteiger partial charge on any atom is -0.433 e. The van der Waals surface area contributed by atoms with Crippen molar-refractivity contribution in [3.8, 4) is 11.5 Å². The second-order valence-corrected chi connectivity index (χ2v) is 12.6. The number of benzene rings is 4. The van der Waals surface area contributed by atoms with Crippen LogP contribution < -0.4 is 20.5 Å². The Hall–Kier alpha value is -5.69. The first-order valence-electron chi connectivity index (χ1n) is 15.6. The van der Waals surface area contributed by atoms with E-state index >= 15 is 0 Å². The number of carbonyl (C=O) groups excluding carboxylic acids is 2. The summed E-state index contributed by atoms with van der Waals surface area (Å²) in [5, 5.41) is 4.95.